The Kier molecular flexibility index (Phi) is 5.45. The maximum atomic E-state index is 11.0. The van der Waals surface area contributed by atoms with Crippen molar-refractivity contribution < 1.29 is 4.79 Å². The van der Waals surface area contributed by atoms with Gasteiger partial charge in [-0.3, -0.25) is 10.2 Å². The van der Waals surface area contributed by atoms with Gasteiger partial charge in [-0.15, -0.1) is 0 Å². The Labute approximate surface area is 110 Å². The number of nitrogens with zero attached hydrogens (tertiary/aromatic N) is 1. The second-order valence-corrected chi connectivity index (χ2v) is 5.81. The first-order valence-corrected chi connectivity index (χ1v) is 7.55. The monoisotopic (exact) mass is 253 g/mol. The maximum absolute atomic E-state index is 11.0. The van der Waals surface area contributed by atoms with Crippen LogP contribution in [0.3, 0.4) is 0 Å². The second-order valence-electron chi connectivity index (χ2n) is 5.81. The zero-order chi connectivity index (χ0) is 12.8. The van der Waals surface area contributed by atoms with Gasteiger partial charge in [0.05, 0.1) is 0 Å². The van der Waals surface area contributed by atoms with Gasteiger partial charge in [0.2, 0.25) is 5.91 Å². The molecular formula is C14H27N3O. The maximum Gasteiger partial charge on any atom is 0.233 e. The van der Waals surface area contributed by atoms with Crippen molar-refractivity contribution in [1.29, 1.82) is 0 Å². The second kappa shape index (κ2) is 7.10. The van der Waals surface area contributed by atoms with Crippen LogP contribution < -0.4 is 11.3 Å². The highest BCUT2D eigenvalue weighted by Gasteiger charge is 2.34. The van der Waals surface area contributed by atoms with Crippen molar-refractivity contribution in [3.8, 4) is 0 Å². The van der Waals surface area contributed by atoms with E-state index in [1.165, 1.54) is 51.6 Å². The molecule has 1 aliphatic carbocycles. The average Bonchev–Trinajstić information content (AvgIpc) is 2.81. The molecule has 1 saturated carbocycles. The van der Waals surface area contributed by atoms with Crippen molar-refractivity contribution in [1.82, 2.24) is 10.3 Å². The zero-order valence-corrected chi connectivity index (χ0v) is 11.4. The minimum atomic E-state index is -0.0384. The van der Waals surface area contributed by atoms with Crippen LogP contribution in [0.25, 0.3) is 0 Å². The van der Waals surface area contributed by atoms with E-state index < -0.39 is 0 Å². The Balaban J connectivity index is 1.58. The molecule has 0 bridgehead atoms. The van der Waals surface area contributed by atoms with Gasteiger partial charge in [-0.05, 0) is 51.1 Å². The van der Waals surface area contributed by atoms with Gasteiger partial charge >= 0.3 is 0 Å². The fraction of sp³-hybridized carbons (Fsp3) is 0.929. The molecule has 0 aromatic heterocycles. The number of likely N-dealkylation sites (tertiary alicyclic amines) is 1. The number of carbonyl (C=O) groups is 1. The lowest BCUT2D eigenvalue weighted by Gasteiger charge is -2.31. The molecule has 0 spiro atoms. The van der Waals surface area contributed by atoms with Crippen LogP contribution in [0.1, 0.15) is 57.8 Å². The van der Waals surface area contributed by atoms with Crippen LogP contribution >= 0.6 is 0 Å². The number of carbonyl (C=O) groups excluding carboxylic acids is 1. The molecule has 2 rings (SSSR count). The summed E-state index contributed by atoms with van der Waals surface area (Å²) in [4.78, 5) is 13.7. The summed E-state index contributed by atoms with van der Waals surface area (Å²) in [6.45, 7) is 2.53. The van der Waals surface area contributed by atoms with Crippen molar-refractivity contribution in [2.75, 3.05) is 13.1 Å². The van der Waals surface area contributed by atoms with Gasteiger partial charge in [0.1, 0.15) is 0 Å². The van der Waals surface area contributed by atoms with Gasteiger partial charge in [-0.2, -0.15) is 0 Å². The number of hydrazine groups is 1. The normalized spacial score (nSPS) is 28.1. The van der Waals surface area contributed by atoms with E-state index >= 15 is 0 Å². The van der Waals surface area contributed by atoms with Gasteiger partial charge < -0.3 is 4.90 Å². The number of nitrogens with one attached hydrogen (secondary N) is 1. The largest absolute Gasteiger partial charge is 0.300 e. The summed E-state index contributed by atoms with van der Waals surface area (Å²) in [5.74, 6) is 6.00. The van der Waals surface area contributed by atoms with Crippen molar-refractivity contribution in [2.45, 2.75) is 63.8 Å². The molecule has 104 valence electrons. The van der Waals surface area contributed by atoms with E-state index in [1.54, 1.807) is 0 Å². The highest BCUT2D eigenvalue weighted by molar-refractivity contribution is 5.74. The van der Waals surface area contributed by atoms with Crippen molar-refractivity contribution in [3.05, 3.63) is 0 Å². The molecule has 0 aromatic carbocycles. The lowest BCUT2D eigenvalue weighted by Crippen LogP contribution is -2.35. The smallest absolute Gasteiger partial charge is 0.233 e. The number of hydrogen-bond donors (Lipinski definition) is 2. The van der Waals surface area contributed by atoms with Crippen molar-refractivity contribution in [2.24, 2.45) is 11.8 Å². The summed E-state index contributed by atoms with van der Waals surface area (Å²) in [5, 5.41) is 0. The van der Waals surface area contributed by atoms with Crippen LogP contribution in [0.15, 0.2) is 0 Å². The Morgan fingerprint density at radius 2 is 2.00 bits per heavy atom. The first-order valence-electron chi connectivity index (χ1n) is 7.55. The predicted molar refractivity (Wildman–Crippen MR) is 72.7 cm³/mol. The third kappa shape index (κ3) is 3.69. The van der Waals surface area contributed by atoms with E-state index in [4.69, 9.17) is 5.84 Å². The lowest BCUT2D eigenvalue weighted by molar-refractivity contribution is -0.121. The fourth-order valence-electron chi connectivity index (χ4n) is 3.63. The summed E-state index contributed by atoms with van der Waals surface area (Å²) in [6, 6.07) is 0.881. The van der Waals surface area contributed by atoms with Gasteiger partial charge in [0.25, 0.3) is 0 Å². The molecule has 1 heterocycles. The molecule has 1 amide bonds. The molecule has 2 fully saturated rings. The van der Waals surface area contributed by atoms with Crippen LogP contribution in [0, 0.1) is 5.92 Å². The summed E-state index contributed by atoms with van der Waals surface area (Å²) in [6.07, 6.45) is 11.1. The van der Waals surface area contributed by atoms with Crippen LogP contribution in [-0.4, -0.2) is 29.9 Å². The number of unbranched alkanes of at least 4 members (excludes halogenated alkanes) is 2. The molecule has 18 heavy (non-hydrogen) atoms. The van der Waals surface area contributed by atoms with Crippen LogP contribution in [-0.2, 0) is 4.79 Å². The first-order chi connectivity index (χ1) is 8.81. The van der Waals surface area contributed by atoms with Crippen molar-refractivity contribution in [3.63, 3.8) is 0 Å². The van der Waals surface area contributed by atoms with Crippen LogP contribution in [0.2, 0.25) is 0 Å². The molecule has 0 aromatic rings. The van der Waals surface area contributed by atoms with E-state index in [2.05, 4.69) is 10.3 Å². The van der Waals surface area contributed by atoms with Gasteiger partial charge in [-0.1, -0.05) is 19.3 Å². The molecule has 0 radical (unpaired) electrons. The van der Waals surface area contributed by atoms with E-state index in [9.17, 15) is 4.79 Å². The third-order valence-electron chi connectivity index (χ3n) is 4.64. The lowest BCUT2D eigenvalue weighted by atomic mass is 9.85. The Hall–Kier alpha value is -0.610. The number of hydrogen-bond acceptors (Lipinski definition) is 3. The van der Waals surface area contributed by atoms with Gasteiger partial charge in [-0.25, -0.2) is 5.84 Å². The number of rotatable bonds is 6. The predicted octanol–water partition coefficient (Wildman–Crippen LogP) is 1.80. The van der Waals surface area contributed by atoms with Gasteiger partial charge in [0, 0.05) is 12.5 Å². The zero-order valence-electron chi connectivity index (χ0n) is 11.4. The summed E-state index contributed by atoms with van der Waals surface area (Å²) in [5.41, 5.74) is 2.18. The van der Waals surface area contributed by atoms with Crippen molar-refractivity contribution >= 4 is 5.91 Å². The molecule has 4 heteroatoms. The summed E-state index contributed by atoms with van der Waals surface area (Å²) in [7, 11) is 0. The fourth-order valence-corrected chi connectivity index (χ4v) is 3.63. The molecule has 2 aliphatic rings. The SMILES string of the molecule is NNC(=O)CCCCCN1CCC2CCCCC21. The quantitative estimate of drug-likeness (QED) is 0.328. The highest BCUT2D eigenvalue weighted by atomic mass is 16.2. The minimum absolute atomic E-state index is 0.0384. The van der Waals surface area contributed by atoms with E-state index in [0.717, 1.165) is 24.8 Å². The molecular weight excluding hydrogens is 226 g/mol. The van der Waals surface area contributed by atoms with Gasteiger partial charge in [0.15, 0.2) is 0 Å². The molecule has 1 saturated heterocycles. The Morgan fingerprint density at radius 1 is 1.17 bits per heavy atom. The first kappa shape index (κ1) is 13.8. The van der Waals surface area contributed by atoms with E-state index in [0.29, 0.717) is 6.42 Å². The molecule has 1 aliphatic heterocycles. The minimum Gasteiger partial charge on any atom is -0.300 e. The Bertz CT molecular complexity index is 270. The Morgan fingerprint density at radius 3 is 2.83 bits per heavy atom. The summed E-state index contributed by atoms with van der Waals surface area (Å²) < 4.78 is 0. The topological polar surface area (TPSA) is 58.4 Å². The third-order valence-corrected chi connectivity index (χ3v) is 4.64. The van der Waals surface area contributed by atoms with E-state index in [-0.39, 0.29) is 5.91 Å². The molecule has 2 unspecified atom stereocenters. The van der Waals surface area contributed by atoms with Crippen LogP contribution in [0.5, 0.6) is 0 Å². The molecule has 4 nitrogen and oxygen atoms in total. The van der Waals surface area contributed by atoms with Crippen LogP contribution in [0.4, 0.5) is 0 Å². The molecule has 3 N–H and O–H groups in total. The number of amides is 1. The average molecular weight is 253 g/mol. The standard InChI is InChI=1S/C14H27N3O/c15-16-14(18)8-2-1-5-10-17-11-9-12-6-3-4-7-13(12)17/h12-13H,1-11,15H2,(H,16,18). The number of fused-ring (bicyclic) bond motifs is 1. The summed E-state index contributed by atoms with van der Waals surface area (Å²) >= 11 is 0. The number of nitrogens with two attached hydrogens (primary N) is 1. The molecule has 2 atom stereocenters. The van der Waals surface area contributed by atoms with E-state index in [1.807, 2.05) is 0 Å². The highest BCUT2D eigenvalue weighted by Crippen LogP contribution is 2.36.